The third-order valence-electron chi connectivity index (χ3n) is 5.38. The molecule has 0 radical (unpaired) electrons. The van der Waals surface area contributed by atoms with Crippen molar-refractivity contribution in [3.63, 3.8) is 0 Å². The minimum Gasteiger partial charge on any atom is -0.426 e. The lowest BCUT2D eigenvalue weighted by atomic mass is 9.86. The summed E-state index contributed by atoms with van der Waals surface area (Å²) in [5.74, 6) is 0.0156. The van der Waals surface area contributed by atoms with Crippen molar-refractivity contribution < 1.29 is 14.6 Å². The first-order chi connectivity index (χ1) is 14.6. The summed E-state index contributed by atoms with van der Waals surface area (Å²) < 4.78 is 5.75. The maximum atomic E-state index is 12.3. The van der Waals surface area contributed by atoms with E-state index in [0.717, 1.165) is 29.7 Å². The zero-order chi connectivity index (χ0) is 23.6. The molecular formula is C27H41NO3. The molecule has 0 aromatic heterocycles. The number of nitrogens with zero attached hydrogens (tertiary/aromatic N) is 1. The van der Waals surface area contributed by atoms with Gasteiger partial charge in [0, 0.05) is 23.6 Å². The number of hydrogen-bond donors (Lipinski definition) is 1. The maximum absolute atomic E-state index is 12.3. The van der Waals surface area contributed by atoms with Crippen LogP contribution in [0.2, 0.25) is 0 Å². The Bertz CT molecular complexity index is 767. The largest absolute Gasteiger partial charge is 0.426 e. The number of hydrogen-bond acceptors (Lipinski definition) is 4. The number of benzene rings is 1. The molecule has 4 heteroatoms. The highest BCUT2D eigenvalue weighted by Crippen LogP contribution is 2.36. The van der Waals surface area contributed by atoms with E-state index in [2.05, 4.69) is 39.2 Å². The van der Waals surface area contributed by atoms with Crippen LogP contribution in [0.4, 0.5) is 0 Å². The molecule has 0 aliphatic rings. The van der Waals surface area contributed by atoms with Crippen LogP contribution in [0.1, 0.15) is 71.9 Å². The molecule has 0 saturated carbocycles. The molecule has 0 saturated heterocycles. The van der Waals surface area contributed by atoms with Crippen LogP contribution in [0.3, 0.4) is 0 Å². The van der Waals surface area contributed by atoms with Gasteiger partial charge in [0.15, 0.2) is 0 Å². The Morgan fingerprint density at radius 1 is 1.13 bits per heavy atom. The van der Waals surface area contributed by atoms with Crippen LogP contribution >= 0.6 is 0 Å². The Morgan fingerprint density at radius 3 is 2.29 bits per heavy atom. The second-order valence-electron chi connectivity index (χ2n) is 8.83. The van der Waals surface area contributed by atoms with Crippen LogP contribution in [0.15, 0.2) is 54.7 Å². The van der Waals surface area contributed by atoms with Crippen molar-refractivity contribution in [3.8, 4) is 5.75 Å². The molecule has 0 aliphatic heterocycles. The van der Waals surface area contributed by atoms with E-state index in [4.69, 9.17) is 4.74 Å². The zero-order valence-electron chi connectivity index (χ0n) is 20.4. The lowest BCUT2D eigenvalue weighted by Crippen LogP contribution is -2.38. The number of esters is 1. The number of allylic oxidation sites excluding steroid dienone is 5. The summed E-state index contributed by atoms with van der Waals surface area (Å²) in [6.45, 7) is 19.6. The quantitative estimate of drug-likeness (QED) is 0.252. The van der Waals surface area contributed by atoms with E-state index in [0.29, 0.717) is 17.8 Å². The van der Waals surface area contributed by atoms with E-state index in [-0.39, 0.29) is 24.4 Å². The van der Waals surface area contributed by atoms with Crippen molar-refractivity contribution in [2.75, 3.05) is 6.54 Å². The van der Waals surface area contributed by atoms with Crippen molar-refractivity contribution in [1.82, 2.24) is 4.90 Å². The molecule has 172 valence electrons. The van der Waals surface area contributed by atoms with Gasteiger partial charge in [0.25, 0.3) is 0 Å². The minimum absolute atomic E-state index is 0.0389. The number of aliphatic hydroxyl groups is 1. The fraction of sp³-hybridized carbons (Fsp3) is 0.519. The molecule has 0 amide bonds. The number of carbonyl (C=O) groups is 1. The van der Waals surface area contributed by atoms with Crippen LogP contribution in [-0.2, 0) is 11.4 Å². The minimum atomic E-state index is -0.266. The third-order valence-corrected chi connectivity index (χ3v) is 5.38. The van der Waals surface area contributed by atoms with Crippen molar-refractivity contribution in [2.24, 2.45) is 5.92 Å². The average Bonchev–Trinajstić information content (AvgIpc) is 2.71. The molecule has 1 rings (SSSR count). The molecule has 0 fully saturated rings. The standard InChI is InChI=1S/C27H41NO3/c1-9-10-11-12-22(8)24(15-16-28(20(4)5)21(6)7)25-17-23(18-29)13-14-26(25)31-27(30)19(2)3/h9-14,17,19-21,24,29H,8,15-16,18H2,1-7H3/b10-9-,12-11-/t24-/m1/s1. The van der Waals surface area contributed by atoms with E-state index >= 15 is 0 Å². The molecule has 0 bridgehead atoms. The lowest BCUT2D eigenvalue weighted by molar-refractivity contribution is -0.137. The number of carbonyl (C=O) groups excluding carboxylic acids is 1. The predicted molar refractivity (Wildman–Crippen MR) is 130 cm³/mol. The highest BCUT2D eigenvalue weighted by atomic mass is 16.5. The first-order valence-electron chi connectivity index (χ1n) is 11.3. The second kappa shape index (κ2) is 13.3. The van der Waals surface area contributed by atoms with Gasteiger partial charge < -0.3 is 9.84 Å². The lowest BCUT2D eigenvalue weighted by Gasteiger charge is -2.32. The molecule has 0 unspecified atom stereocenters. The fourth-order valence-corrected chi connectivity index (χ4v) is 3.63. The molecule has 0 spiro atoms. The van der Waals surface area contributed by atoms with Crippen molar-refractivity contribution >= 4 is 5.97 Å². The van der Waals surface area contributed by atoms with Crippen molar-refractivity contribution in [2.45, 2.75) is 79.5 Å². The van der Waals surface area contributed by atoms with Crippen molar-refractivity contribution in [1.29, 1.82) is 0 Å². The zero-order valence-corrected chi connectivity index (χ0v) is 20.4. The Morgan fingerprint density at radius 2 is 1.77 bits per heavy atom. The topological polar surface area (TPSA) is 49.8 Å². The normalized spacial score (nSPS) is 13.3. The Kier molecular flexibility index (Phi) is 11.5. The summed E-state index contributed by atoms with van der Waals surface area (Å²) in [7, 11) is 0. The number of rotatable bonds is 12. The van der Waals surface area contributed by atoms with Crippen LogP contribution in [0.5, 0.6) is 5.75 Å². The maximum Gasteiger partial charge on any atom is 0.313 e. The van der Waals surface area contributed by atoms with Gasteiger partial charge in [0.2, 0.25) is 0 Å². The monoisotopic (exact) mass is 427 g/mol. The van der Waals surface area contributed by atoms with E-state index in [1.807, 2.05) is 51.1 Å². The van der Waals surface area contributed by atoms with Gasteiger partial charge in [0.1, 0.15) is 5.75 Å². The summed E-state index contributed by atoms with van der Waals surface area (Å²) in [6, 6.07) is 6.39. The summed E-state index contributed by atoms with van der Waals surface area (Å²) in [5, 5.41) is 9.72. The van der Waals surface area contributed by atoms with Gasteiger partial charge in [-0.15, -0.1) is 0 Å². The molecule has 1 N–H and O–H groups in total. The Labute approximate surface area is 189 Å². The second-order valence-corrected chi connectivity index (χ2v) is 8.83. The van der Waals surface area contributed by atoms with Crippen molar-refractivity contribution in [3.05, 3.63) is 65.8 Å². The molecule has 1 atom stereocenters. The molecule has 31 heavy (non-hydrogen) atoms. The molecule has 4 nitrogen and oxygen atoms in total. The fourth-order valence-electron chi connectivity index (χ4n) is 3.63. The van der Waals surface area contributed by atoms with Gasteiger partial charge >= 0.3 is 5.97 Å². The van der Waals surface area contributed by atoms with Crippen LogP contribution in [0, 0.1) is 5.92 Å². The summed E-state index contributed by atoms with van der Waals surface area (Å²) in [4.78, 5) is 14.8. The molecule has 0 heterocycles. The molecule has 0 aliphatic carbocycles. The SMILES string of the molecule is C=C(/C=C\C=C/C)[C@@H](CCN(C(C)C)C(C)C)c1cc(CO)ccc1OC(=O)C(C)C. The van der Waals surface area contributed by atoms with Gasteiger partial charge in [-0.1, -0.05) is 50.8 Å². The molecule has 1 aromatic rings. The first-order valence-corrected chi connectivity index (χ1v) is 11.3. The predicted octanol–water partition coefficient (Wildman–Crippen LogP) is 6.02. The van der Waals surface area contributed by atoms with Crippen LogP contribution < -0.4 is 4.74 Å². The first kappa shape index (κ1) is 26.9. The van der Waals surface area contributed by atoms with Crippen LogP contribution in [0.25, 0.3) is 0 Å². The summed E-state index contributed by atoms with van der Waals surface area (Å²) in [5.41, 5.74) is 2.63. The number of aliphatic hydroxyl groups excluding tert-OH is 1. The van der Waals surface area contributed by atoms with E-state index < -0.39 is 0 Å². The highest BCUT2D eigenvalue weighted by Gasteiger charge is 2.23. The van der Waals surface area contributed by atoms with Gasteiger partial charge in [-0.25, -0.2) is 0 Å². The average molecular weight is 428 g/mol. The third kappa shape index (κ3) is 8.47. The highest BCUT2D eigenvalue weighted by molar-refractivity contribution is 5.75. The van der Waals surface area contributed by atoms with Gasteiger partial charge in [-0.2, -0.15) is 0 Å². The summed E-state index contributed by atoms with van der Waals surface area (Å²) >= 11 is 0. The van der Waals surface area contributed by atoms with Gasteiger partial charge in [-0.3, -0.25) is 9.69 Å². The van der Waals surface area contributed by atoms with Gasteiger partial charge in [-0.05, 0) is 70.9 Å². The summed E-state index contributed by atoms with van der Waals surface area (Å²) in [6.07, 6.45) is 8.77. The smallest absolute Gasteiger partial charge is 0.313 e. The van der Waals surface area contributed by atoms with E-state index in [9.17, 15) is 9.90 Å². The number of ether oxygens (including phenoxy) is 1. The Hall–Kier alpha value is -2.17. The molecular weight excluding hydrogens is 386 g/mol. The van der Waals surface area contributed by atoms with Gasteiger partial charge in [0.05, 0.1) is 12.5 Å². The molecule has 1 aromatic carbocycles. The van der Waals surface area contributed by atoms with E-state index in [1.54, 1.807) is 12.1 Å². The Balaban J connectivity index is 3.41. The van der Waals surface area contributed by atoms with Crippen LogP contribution in [-0.4, -0.2) is 34.6 Å². The van der Waals surface area contributed by atoms with E-state index in [1.165, 1.54) is 0 Å².